The van der Waals surface area contributed by atoms with Crippen molar-refractivity contribution in [1.29, 1.82) is 5.26 Å². The van der Waals surface area contributed by atoms with Gasteiger partial charge < -0.3 is 14.2 Å². The van der Waals surface area contributed by atoms with Crippen LogP contribution in [0.5, 0.6) is 0 Å². The van der Waals surface area contributed by atoms with E-state index in [4.69, 9.17) is 16.3 Å². The molecule has 1 unspecified atom stereocenters. The van der Waals surface area contributed by atoms with Crippen molar-refractivity contribution < 1.29 is 22.7 Å². The molecular formula is C24H29ClN4O5S. The van der Waals surface area contributed by atoms with Crippen LogP contribution in [0.2, 0.25) is 5.02 Å². The molecule has 2 heterocycles. The molecule has 188 valence electrons. The highest BCUT2D eigenvalue weighted by Crippen LogP contribution is 2.33. The van der Waals surface area contributed by atoms with E-state index in [9.17, 15) is 23.3 Å². The highest BCUT2D eigenvalue weighted by atomic mass is 35.5. The Morgan fingerprint density at radius 1 is 1.26 bits per heavy atom. The number of amides is 1. The van der Waals surface area contributed by atoms with Crippen LogP contribution >= 0.6 is 11.6 Å². The Bertz CT molecular complexity index is 1220. The number of hydrogen-bond donors (Lipinski definition) is 1. The normalized spacial score (nSPS) is 16.4. The minimum absolute atomic E-state index is 0.0627. The van der Waals surface area contributed by atoms with E-state index in [2.05, 4.69) is 10.8 Å². The van der Waals surface area contributed by atoms with Crippen LogP contribution in [-0.2, 0) is 30.9 Å². The fourth-order valence-electron chi connectivity index (χ4n) is 4.31. The molecular weight excluding hydrogens is 492 g/mol. The quantitative estimate of drug-likeness (QED) is 0.534. The van der Waals surface area contributed by atoms with Gasteiger partial charge >= 0.3 is 5.97 Å². The van der Waals surface area contributed by atoms with Crippen molar-refractivity contribution in [1.82, 2.24) is 14.2 Å². The molecule has 11 heteroatoms. The maximum atomic E-state index is 13.5. The molecule has 1 saturated heterocycles. The number of benzene rings is 1. The molecule has 1 N–H and O–H groups in total. The molecule has 1 fully saturated rings. The molecule has 1 aliphatic heterocycles. The van der Waals surface area contributed by atoms with Crippen molar-refractivity contribution in [3.63, 3.8) is 0 Å². The first kappa shape index (κ1) is 26.7. The van der Waals surface area contributed by atoms with E-state index < -0.39 is 27.4 Å². The van der Waals surface area contributed by atoms with E-state index in [0.29, 0.717) is 37.2 Å². The van der Waals surface area contributed by atoms with Gasteiger partial charge in [0.25, 0.3) is 0 Å². The van der Waals surface area contributed by atoms with Crippen LogP contribution < -0.4 is 4.72 Å². The standard InChI is InChI=1S/C24H29ClN4O5S/c1-17-6-4-8-19(25)21(17)35(32,33)27-20(9-13-28-12-5-7-18(28)16-26)22(30)29-14-10-24(2,11-15-29)23(31)34-3/h4-8,12,20,27H,9-11,13-15H2,1-3H3. The zero-order valence-corrected chi connectivity index (χ0v) is 21.5. The zero-order chi connectivity index (χ0) is 25.8. The number of likely N-dealkylation sites (tertiary alicyclic amines) is 1. The molecule has 0 radical (unpaired) electrons. The first-order valence-electron chi connectivity index (χ1n) is 11.2. The Balaban J connectivity index is 1.85. The number of aryl methyl sites for hydroxylation is 2. The highest BCUT2D eigenvalue weighted by molar-refractivity contribution is 7.89. The van der Waals surface area contributed by atoms with Gasteiger partial charge in [-0.1, -0.05) is 23.7 Å². The van der Waals surface area contributed by atoms with Gasteiger partial charge in [-0.3, -0.25) is 9.59 Å². The van der Waals surface area contributed by atoms with Gasteiger partial charge in [0.15, 0.2) is 0 Å². The van der Waals surface area contributed by atoms with Crippen LogP contribution in [0, 0.1) is 23.7 Å². The maximum absolute atomic E-state index is 13.5. The van der Waals surface area contributed by atoms with Crippen LogP contribution in [-0.4, -0.2) is 56.0 Å². The average molecular weight is 521 g/mol. The molecule has 3 rings (SSSR count). The topological polar surface area (TPSA) is 122 Å². The number of carbonyl (C=O) groups is 2. The molecule has 1 aromatic carbocycles. The lowest BCUT2D eigenvalue weighted by Crippen LogP contribution is -2.53. The fourth-order valence-corrected chi connectivity index (χ4v) is 6.36. The second-order valence-electron chi connectivity index (χ2n) is 8.92. The maximum Gasteiger partial charge on any atom is 0.311 e. The van der Waals surface area contributed by atoms with Crippen molar-refractivity contribution >= 4 is 33.5 Å². The Kier molecular flexibility index (Phi) is 8.26. The zero-order valence-electron chi connectivity index (χ0n) is 20.0. The largest absolute Gasteiger partial charge is 0.469 e. The number of aromatic nitrogens is 1. The SMILES string of the molecule is COC(=O)C1(C)CCN(C(=O)C(CCn2cccc2C#N)NS(=O)(=O)c2c(C)cccc2Cl)CC1. The first-order chi connectivity index (χ1) is 16.5. The number of piperidine rings is 1. The van der Waals surface area contributed by atoms with E-state index in [-0.39, 0.29) is 28.9 Å². The lowest BCUT2D eigenvalue weighted by molar-refractivity contribution is -0.156. The fraction of sp³-hybridized carbons (Fsp3) is 0.458. The first-order valence-corrected chi connectivity index (χ1v) is 13.1. The van der Waals surface area contributed by atoms with Crippen molar-refractivity contribution in [2.45, 2.75) is 50.6 Å². The molecule has 0 aliphatic carbocycles. The Hall–Kier alpha value is -2.87. The minimum atomic E-state index is -4.13. The van der Waals surface area contributed by atoms with Crippen molar-refractivity contribution in [2.75, 3.05) is 20.2 Å². The van der Waals surface area contributed by atoms with Gasteiger partial charge in [-0.2, -0.15) is 9.98 Å². The average Bonchev–Trinajstić information content (AvgIpc) is 3.28. The Morgan fingerprint density at radius 3 is 2.54 bits per heavy atom. The van der Waals surface area contributed by atoms with Crippen molar-refractivity contribution in [3.8, 4) is 6.07 Å². The van der Waals surface area contributed by atoms with Crippen LogP contribution in [0.4, 0.5) is 0 Å². The predicted octanol–water partition coefficient (Wildman–Crippen LogP) is 2.86. The summed E-state index contributed by atoms with van der Waals surface area (Å²) in [6.07, 6.45) is 2.64. The summed E-state index contributed by atoms with van der Waals surface area (Å²) in [5.41, 5.74) is 0.176. The molecule has 1 amide bonds. The monoisotopic (exact) mass is 520 g/mol. The third-order valence-electron chi connectivity index (χ3n) is 6.49. The second kappa shape index (κ2) is 10.8. The lowest BCUT2D eigenvalue weighted by Gasteiger charge is -2.38. The van der Waals surface area contributed by atoms with E-state index in [0.717, 1.165) is 0 Å². The van der Waals surface area contributed by atoms with E-state index in [1.54, 1.807) is 53.8 Å². The lowest BCUT2D eigenvalue weighted by atomic mass is 9.80. The molecule has 0 saturated carbocycles. The van der Waals surface area contributed by atoms with Gasteiger partial charge in [-0.25, -0.2) is 8.42 Å². The Labute approximate surface area is 210 Å². The molecule has 35 heavy (non-hydrogen) atoms. The molecule has 1 aromatic heterocycles. The summed E-state index contributed by atoms with van der Waals surface area (Å²) in [6, 6.07) is 9.11. The van der Waals surface area contributed by atoms with E-state index in [1.807, 2.05) is 0 Å². The summed E-state index contributed by atoms with van der Waals surface area (Å²) in [5.74, 6) is -0.719. The highest BCUT2D eigenvalue weighted by Gasteiger charge is 2.40. The molecule has 1 aliphatic rings. The number of halogens is 1. The number of sulfonamides is 1. The number of nitriles is 1. The predicted molar refractivity (Wildman–Crippen MR) is 130 cm³/mol. The van der Waals surface area contributed by atoms with Gasteiger partial charge in [-0.05, 0) is 56.9 Å². The minimum Gasteiger partial charge on any atom is -0.469 e. The molecule has 1 atom stereocenters. The Morgan fingerprint density at radius 2 is 1.94 bits per heavy atom. The second-order valence-corrected chi connectivity index (χ2v) is 11.0. The summed E-state index contributed by atoms with van der Waals surface area (Å²) in [7, 11) is -2.79. The number of methoxy groups -OCH3 is 1. The number of nitrogens with zero attached hydrogens (tertiary/aromatic N) is 3. The van der Waals surface area contributed by atoms with Crippen LogP contribution in [0.1, 0.15) is 37.4 Å². The number of carbonyl (C=O) groups excluding carboxylic acids is 2. The number of hydrogen-bond acceptors (Lipinski definition) is 6. The van der Waals surface area contributed by atoms with Crippen LogP contribution in [0.25, 0.3) is 0 Å². The summed E-state index contributed by atoms with van der Waals surface area (Å²) >= 11 is 6.20. The summed E-state index contributed by atoms with van der Waals surface area (Å²) in [5, 5.41) is 9.35. The molecule has 0 bridgehead atoms. The van der Waals surface area contributed by atoms with Gasteiger partial charge in [0.1, 0.15) is 22.7 Å². The summed E-state index contributed by atoms with van der Waals surface area (Å²) in [4.78, 5) is 27.2. The van der Waals surface area contributed by atoms with Crippen molar-refractivity contribution in [2.24, 2.45) is 5.41 Å². The summed E-state index contributed by atoms with van der Waals surface area (Å²) in [6.45, 7) is 4.27. The van der Waals surface area contributed by atoms with Crippen LogP contribution in [0.3, 0.4) is 0 Å². The number of ether oxygens (including phenoxy) is 1. The van der Waals surface area contributed by atoms with Gasteiger partial charge in [0.2, 0.25) is 15.9 Å². The molecule has 0 spiro atoms. The summed E-state index contributed by atoms with van der Waals surface area (Å²) < 4.78 is 35.7. The van der Waals surface area contributed by atoms with E-state index >= 15 is 0 Å². The number of nitrogens with one attached hydrogen (secondary N) is 1. The number of esters is 1. The third-order valence-corrected chi connectivity index (χ3v) is 8.59. The van der Waals surface area contributed by atoms with Crippen LogP contribution in [0.15, 0.2) is 41.4 Å². The third kappa shape index (κ3) is 5.86. The number of rotatable bonds is 8. The van der Waals surface area contributed by atoms with Gasteiger partial charge in [0, 0.05) is 25.8 Å². The van der Waals surface area contributed by atoms with E-state index in [1.165, 1.54) is 13.2 Å². The van der Waals surface area contributed by atoms with Crippen molar-refractivity contribution in [3.05, 3.63) is 52.8 Å². The smallest absolute Gasteiger partial charge is 0.311 e. The van der Waals surface area contributed by atoms with Gasteiger partial charge in [0.05, 0.1) is 17.5 Å². The molecule has 2 aromatic rings. The molecule has 9 nitrogen and oxygen atoms in total. The van der Waals surface area contributed by atoms with Gasteiger partial charge in [-0.15, -0.1) is 0 Å².